The zero-order chi connectivity index (χ0) is 28.2. The molecule has 8 heteroatoms. The fourth-order valence-corrected chi connectivity index (χ4v) is 4.17. The van der Waals surface area contributed by atoms with Crippen LogP contribution in [0.4, 0.5) is 0 Å². The Morgan fingerprint density at radius 3 is 1.90 bits per heavy atom. The number of carbonyl (C=O) groups excluding carboxylic acids is 2. The van der Waals surface area contributed by atoms with Gasteiger partial charge in [0.05, 0.1) is 18.1 Å². The van der Waals surface area contributed by atoms with Crippen LogP contribution in [0.25, 0.3) is 0 Å². The minimum Gasteiger partial charge on any atom is -0.508 e. The third-order valence-electron chi connectivity index (χ3n) is 6.47. The lowest BCUT2D eigenvalue weighted by molar-refractivity contribution is -0.161. The van der Waals surface area contributed by atoms with E-state index in [1.807, 2.05) is 48.5 Å². The molecule has 0 saturated heterocycles. The summed E-state index contributed by atoms with van der Waals surface area (Å²) in [4.78, 5) is 25.3. The van der Waals surface area contributed by atoms with Crippen LogP contribution in [0.5, 0.6) is 5.75 Å². The highest BCUT2D eigenvalue weighted by Gasteiger charge is 2.31. The van der Waals surface area contributed by atoms with Gasteiger partial charge in [0.25, 0.3) is 5.91 Å². The molecule has 3 aromatic carbocycles. The quantitative estimate of drug-likeness (QED) is 0.158. The highest BCUT2D eigenvalue weighted by Crippen LogP contribution is 2.19. The summed E-state index contributed by atoms with van der Waals surface area (Å²) in [5.74, 6) is -2.39. The monoisotopic (exact) mass is 532 g/mol. The van der Waals surface area contributed by atoms with Crippen LogP contribution in [0.3, 0.4) is 0 Å². The number of rotatable bonds is 14. The van der Waals surface area contributed by atoms with Gasteiger partial charge in [-0.25, -0.2) is 0 Å². The molecule has 0 bridgehead atoms. The Balaban J connectivity index is 1.66. The fraction of sp³-hybridized carbons (Fsp3) is 0.290. The first kappa shape index (κ1) is 29.6. The SMILES string of the molecule is NC(=O)[C@H](Cc1ccccc1)OC(=O)[C@H](Cc1ccccc1)[C@@H](O)C=CC[C@H](O)[C@@H](N)Cc1ccc(O)cc1. The van der Waals surface area contributed by atoms with Crippen molar-refractivity contribution < 1.29 is 29.6 Å². The molecule has 8 nitrogen and oxygen atoms in total. The van der Waals surface area contributed by atoms with Crippen molar-refractivity contribution in [3.63, 3.8) is 0 Å². The molecular formula is C31H36N2O6. The maximum Gasteiger partial charge on any atom is 0.313 e. The number of hydrogen-bond donors (Lipinski definition) is 5. The number of ether oxygens (including phenoxy) is 1. The molecule has 0 aliphatic rings. The van der Waals surface area contributed by atoms with E-state index in [0.717, 1.165) is 16.7 Å². The second kappa shape index (κ2) is 14.8. The molecule has 0 aliphatic carbocycles. The van der Waals surface area contributed by atoms with Crippen LogP contribution in [0.15, 0.2) is 97.1 Å². The van der Waals surface area contributed by atoms with Crippen molar-refractivity contribution in [1.82, 2.24) is 0 Å². The molecule has 0 saturated carbocycles. The van der Waals surface area contributed by atoms with E-state index in [2.05, 4.69) is 0 Å². The summed E-state index contributed by atoms with van der Waals surface area (Å²) < 4.78 is 5.52. The van der Waals surface area contributed by atoms with Gasteiger partial charge in [0.2, 0.25) is 0 Å². The first-order valence-electron chi connectivity index (χ1n) is 12.9. The average molecular weight is 533 g/mol. The van der Waals surface area contributed by atoms with Crippen LogP contribution in [-0.2, 0) is 33.6 Å². The molecule has 39 heavy (non-hydrogen) atoms. The largest absolute Gasteiger partial charge is 0.508 e. The molecule has 0 unspecified atom stereocenters. The highest BCUT2D eigenvalue weighted by atomic mass is 16.5. The van der Waals surface area contributed by atoms with Gasteiger partial charge >= 0.3 is 5.97 Å². The van der Waals surface area contributed by atoms with Crippen molar-refractivity contribution in [1.29, 1.82) is 0 Å². The van der Waals surface area contributed by atoms with E-state index in [9.17, 15) is 24.9 Å². The van der Waals surface area contributed by atoms with Crippen molar-refractivity contribution >= 4 is 11.9 Å². The summed E-state index contributed by atoms with van der Waals surface area (Å²) in [5.41, 5.74) is 14.1. The van der Waals surface area contributed by atoms with E-state index in [0.29, 0.717) is 6.42 Å². The van der Waals surface area contributed by atoms with Gasteiger partial charge < -0.3 is 31.5 Å². The molecule has 0 aliphatic heterocycles. The van der Waals surface area contributed by atoms with Crippen molar-refractivity contribution in [3.8, 4) is 5.75 Å². The number of aliphatic hydroxyl groups excluding tert-OH is 2. The maximum atomic E-state index is 13.2. The number of nitrogens with two attached hydrogens (primary N) is 2. The molecule has 1 amide bonds. The number of amides is 1. The van der Waals surface area contributed by atoms with E-state index in [1.165, 1.54) is 6.08 Å². The second-order valence-corrected chi connectivity index (χ2v) is 9.57. The van der Waals surface area contributed by atoms with E-state index >= 15 is 0 Å². The van der Waals surface area contributed by atoms with Crippen LogP contribution in [0.1, 0.15) is 23.1 Å². The number of primary amides is 1. The van der Waals surface area contributed by atoms with Crippen molar-refractivity contribution in [2.75, 3.05) is 0 Å². The Morgan fingerprint density at radius 1 is 0.795 bits per heavy atom. The summed E-state index contributed by atoms with van der Waals surface area (Å²) in [6.07, 6.45) is 0.527. The van der Waals surface area contributed by atoms with Crippen LogP contribution in [0.2, 0.25) is 0 Å². The Hall–Kier alpha value is -3.98. The summed E-state index contributed by atoms with van der Waals surface area (Å²) in [6.45, 7) is 0. The van der Waals surface area contributed by atoms with Crippen molar-refractivity contribution in [2.24, 2.45) is 17.4 Å². The number of phenolic OH excluding ortho intramolecular Hbond substituents is 1. The first-order valence-corrected chi connectivity index (χ1v) is 12.9. The molecule has 0 spiro atoms. The van der Waals surface area contributed by atoms with Gasteiger partial charge in [0.15, 0.2) is 6.10 Å². The van der Waals surface area contributed by atoms with Crippen LogP contribution in [-0.4, -0.2) is 51.5 Å². The zero-order valence-corrected chi connectivity index (χ0v) is 21.7. The smallest absolute Gasteiger partial charge is 0.313 e. The van der Waals surface area contributed by atoms with Gasteiger partial charge in [-0.15, -0.1) is 0 Å². The Bertz CT molecular complexity index is 1200. The van der Waals surface area contributed by atoms with Gasteiger partial charge in [-0.05, 0) is 48.1 Å². The lowest BCUT2D eigenvalue weighted by Gasteiger charge is -2.23. The fourth-order valence-electron chi connectivity index (χ4n) is 4.17. The van der Waals surface area contributed by atoms with Crippen LogP contribution >= 0.6 is 0 Å². The van der Waals surface area contributed by atoms with Gasteiger partial charge in [-0.1, -0.05) is 84.9 Å². The predicted molar refractivity (Wildman–Crippen MR) is 148 cm³/mol. The molecule has 206 valence electrons. The normalized spacial score (nSPS) is 15.3. The highest BCUT2D eigenvalue weighted by molar-refractivity contribution is 5.83. The number of phenols is 1. The van der Waals surface area contributed by atoms with Gasteiger partial charge in [-0.2, -0.15) is 0 Å². The molecule has 0 heterocycles. The number of esters is 1. The number of aliphatic hydroxyl groups is 2. The topological polar surface area (TPSA) is 156 Å². The lowest BCUT2D eigenvalue weighted by atomic mass is 9.93. The minimum absolute atomic E-state index is 0.122. The zero-order valence-electron chi connectivity index (χ0n) is 21.7. The molecule has 7 N–H and O–H groups in total. The molecule has 3 rings (SSSR count). The van der Waals surface area contributed by atoms with Gasteiger partial charge in [0, 0.05) is 12.5 Å². The second-order valence-electron chi connectivity index (χ2n) is 9.57. The summed E-state index contributed by atoms with van der Waals surface area (Å²) in [5, 5.41) is 30.9. The number of carbonyl (C=O) groups is 2. The Labute approximate surface area is 228 Å². The van der Waals surface area contributed by atoms with E-state index in [4.69, 9.17) is 16.2 Å². The van der Waals surface area contributed by atoms with Gasteiger partial charge in [-0.3, -0.25) is 9.59 Å². The average Bonchev–Trinajstić information content (AvgIpc) is 2.93. The molecule has 5 atom stereocenters. The van der Waals surface area contributed by atoms with Gasteiger partial charge in [0.1, 0.15) is 5.75 Å². The van der Waals surface area contributed by atoms with Crippen molar-refractivity contribution in [3.05, 3.63) is 114 Å². The first-order chi connectivity index (χ1) is 18.7. The number of hydrogen-bond acceptors (Lipinski definition) is 7. The Kier molecular flexibility index (Phi) is 11.2. The Morgan fingerprint density at radius 2 is 1.33 bits per heavy atom. The molecule has 0 radical (unpaired) electrons. The third-order valence-corrected chi connectivity index (χ3v) is 6.47. The van der Waals surface area contributed by atoms with E-state index in [1.54, 1.807) is 42.5 Å². The minimum atomic E-state index is -1.25. The summed E-state index contributed by atoms with van der Waals surface area (Å²) in [7, 11) is 0. The van der Waals surface area contributed by atoms with Crippen molar-refractivity contribution in [2.45, 2.75) is 50.0 Å². The van der Waals surface area contributed by atoms with Crippen LogP contribution < -0.4 is 11.5 Å². The molecule has 0 aromatic heterocycles. The summed E-state index contributed by atoms with van der Waals surface area (Å²) in [6, 6.07) is 24.2. The molecule has 0 fully saturated rings. The van der Waals surface area contributed by atoms with E-state index < -0.39 is 42.1 Å². The predicted octanol–water partition coefficient (Wildman–Crippen LogP) is 2.43. The maximum absolute atomic E-state index is 13.2. The van der Waals surface area contributed by atoms with Crippen LogP contribution in [0, 0.1) is 5.92 Å². The number of aromatic hydroxyl groups is 1. The third kappa shape index (κ3) is 9.68. The summed E-state index contributed by atoms with van der Waals surface area (Å²) >= 11 is 0. The lowest BCUT2D eigenvalue weighted by Crippen LogP contribution is -2.39. The number of benzene rings is 3. The van der Waals surface area contributed by atoms with E-state index in [-0.39, 0.29) is 25.0 Å². The molecular weight excluding hydrogens is 496 g/mol. The molecule has 3 aromatic rings. The standard InChI is InChI=1S/C31H36N2O6/c32-26(19-23-14-16-24(34)17-15-23)28(36)13-7-12-27(35)25(18-21-8-3-1-4-9-21)31(38)39-29(30(33)37)20-22-10-5-2-6-11-22/h1-12,14-17,25-29,34-36H,13,18-20,32H2,(H2,33,37)/t25-,26+,27+,28+,29+/m1/s1.